The van der Waals surface area contributed by atoms with Crippen LogP contribution in [0.3, 0.4) is 0 Å². The molecule has 30 heavy (non-hydrogen) atoms. The second kappa shape index (κ2) is 9.16. The van der Waals surface area contributed by atoms with Gasteiger partial charge in [0, 0.05) is 21.9 Å². The Morgan fingerprint density at radius 1 is 1.20 bits per heavy atom. The summed E-state index contributed by atoms with van der Waals surface area (Å²) in [7, 11) is 0. The number of nitrogens with zero attached hydrogens (tertiary/aromatic N) is 2. The Balaban J connectivity index is 1.80. The highest BCUT2D eigenvalue weighted by atomic mass is 32.2. The van der Waals surface area contributed by atoms with Gasteiger partial charge in [0.25, 0.3) is 5.56 Å². The molecule has 1 aromatic carbocycles. The zero-order valence-electron chi connectivity index (χ0n) is 16.6. The fourth-order valence-electron chi connectivity index (χ4n) is 3.04. The van der Waals surface area contributed by atoms with Crippen LogP contribution in [0.25, 0.3) is 26.3 Å². The highest BCUT2D eigenvalue weighted by Crippen LogP contribution is 2.35. The van der Waals surface area contributed by atoms with Gasteiger partial charge in [-0.1, -0.05) is 43.0 Å². The highest BCUT2D eigenvalue weighted by molar-refractivity contribution is 7.99. The molecule has 1 N–H and O–H groups in total. The van der Waals surface area contributed by atoms with Crippen molar-refractivity contribution in [1.29, 1.82) is 0 Å². The SMILES string of the molecule is CC[C@@H](C)NC(=O)CSc1nc2scc(-c3cccs3)c2c(=O)n1-c1ccccc1. The van der Waals surface area contributed by atoms with Crippen LogP contribution in [0.1, 0.15) is 20.3 Å². The molecule has 4 rings (SSSR count). The molecule has 1 atom stereocenters. The van der Waals surface area contributed by atoms with E-state index in [4.69, 9.17) is 4.98 Å². The lowest BCUT2D eigenvalue weighted by molar-refractivity contribution is -0.119. The van der Waals surface area contributed by atoms with Gasteiger partial charge in [0.05, 0.1) is 16.8 Å². The molecule has 0 spiro atoms. The van der Waals surface area contributed by atoms with E-state index >= 15 is 0 Å². The first-order chi connectivity index (χ1) is 14.6. The van der Waals surface area contributed by atoms with E-state index in [0.29, 0.717) is 15.4 Å². The van der Waals surface area contributed by atoms with Crippen molar-refractivity contribution in [3.8, 4) is 16.1 Å². The molecule has 5 nitrogen and oxygen atoms in total. The fraction of sp³-hybridized carbons (Fsp3) is 0.227. The molecule has 0 aliphatic carbocycles. The number of thioether (sulfide) groups is 1. The van der Waals surface area contributed by atoms with E-state index in [-0.39, 0.29) is 23.3 Å². The summed E-state index contributed by atoms with van der Waals surface area (Å²) in [5.74, 6) is 0.145. The molecule has 0 bridgehead atoms. The number of carbonyl (C=O) groups is 1. The monoisotopic (exact) mass is 455 g/mol. The van der Waals surface area contributed by atoms with Gasteiger partial charge in [0.15, 0.2) is 5.16 Å². The molecular formula is C22H21N3O2S3. The van der Waals surface area contributed by atoms with Crippen molar-refractivity contribution in [2.75, 3.05) is 5.75 Å². The van der Waals surface area contributed by atoms with E-state index < -0.39 is 0 Å². The van der Waals surface area contributed by atoms with Gasteiger partial charge in [-0.15, -0.1) is 22.7 Å². The topological polar surface area (TPSA) is 64.0 Å². The summed E-state index contributed by atoms with van der Waals surface area (Å²) in [6.07, 6.45) is 0.871. The van der Waals surface area contributed by atoms with Crippen molar-refractivity contribution >= 4 is 50.6 Å². The second-order valence-corrected chi connectivity index (χ2v) is 9.59. The fourth-order valence-corrected chi connectivity index (χ4v) is 5.66. The van der Waals surface area contributed by atoms with E-state index in [9.17, 15) is 9.59 Å². The number of thiophene rings is 2. The summed E-state index contributed by atoms with van der Waals surface area (Å²) in [5, 5.41) is 8.11. The smallest absolute Gasteiger partial charge is 0.268 e. The van der Waals surface area contributed by atoms with Crippen LogP contribution < -0.4 is 10.9 Å². The first-order valence-corrected chi connectivity index (χ1v) is 12.4. The number of hydrogen-bond donors (Lipinski definition) is 1. The van der Waals surface area contributed by atoms with Crippen LogP contribution in [0, 0.1) is 0 Å². The Kier molecular flexibility index (Phi) is 6.36. The minimum atomic E-state index is -0.110. The van der Waals surface area contributed by atoms with Crippen molar-refractivity contribution in [3.05, 3.63) is 63.6 Å². The molecule has 0 aliphatic heterocycles. The molecule has 0 fully saturated rings. The zero-order valence-corrected chi connectivity index (χ0v) is 19.1. The van der Waals surface area contributed by atoms with E-state index in [0.717, 1.165) is 22.5 Å². The number of rotatable bonds is 7. The number of nitrogens with one attached hydrogen (secondary N) is 1. The van der Waals surface area contributed by atoms with Crippen LogP contribution in [-0.4, -0.2) is 27.3 Å². The number of hydrogen-bond acceptors (Lipinski definition) is 6. The third-order valence-electron chi connectivity index (χ3n) is 4.73. The largest absolute Gasteiger partial charge is 0.353 e. The predicted molar refractivity (Wildman–Crippen MR) is 127 cm³/mol. The molecule has 4 aromatic rings. The van der Waals surface area contributed by atoms with Gasteiger partial charge in [0.1, 0.15) is 4.83 Å². The van der Waals surface area contributed by atoms with Crippen LogP contribution >= 0.6 is 34.4 Å². The summed E-state index contributed by atoms with van der Waals surface area (Å²) in [5.41, 5.74) is 1.55. The molecule has 0 radical (unpaired) electrons. The maximum Gasteiger partial charge on any atom is 0.268 e. The number of aromatic nitrogens is 2. The summed E-state index contributed by atoms with van der Waals surface area (Å²) < 4.78 is 1.62. The summed E-state index contributed by atoms with van der Waals surface area (Å²) in [6, 6.07) is 13.6. The molecule has 3 heterocycles. The normalized spacial score (nSPS) is 12.2. The molecule has 0 saturated carbocycles. The minimum Gasteiger partial charge on any atom is -0.353 e. The van der Waals surface area contributed by atoms with Gasteiger partial charge >= 0.3 is 0 Å². The Labute approximate surface area is 186 Å². The molecule has 0 saturated heterocycles. The van der Waals surface area contributed by atoms with E-state index in [1.54, 1.807) is 15.9 Å². The lowest BCUT2D eigenvalue weighted by Crippen LogP contribution is -2.33. The number of fused-ring (bicyclic) bond motifs is 1. The third kappa shape index (κ3) is 4.21. The van der Waals surface area contributed by atoms with Crippen LogP contribution in [0.2, 0.25) is 0 Å². The third-order valence-corrected chi connectivity index (χ3v) is 7.44. The van der Waals surface area contributed by atoms with Crippen LogP contribution in [0.5, 0.6) is 0 Å². The van der Waals surface area contributed by atoms with Gasteiger partial charge in [-0.25, -0.2) is 4.98 Å². The zero-order chi connectivity index (χ0) is 21.1. The first-order valence-electron chi connectivity index (χ1n) is 9.64. The van der Waals surface area contributed by atoms with Crippen molar-refractivity contribution in [1.82, 2.24) is 14.9 Å². The number of para-hydroxylation sites is 1. The Morgan fingerprint density at radius 2 is 2.00 bits per heavy atom. The second-order valence-electron chi connectivity index (χ2n) is 6.84. The summed E-state index contributed by atoms with van der Waals surface area (Å²) in [4.78, 5) is 32.4. The van der Waals surface area contributed by atoms with E-state index in [2.05, 4.69) is 5.32 Å². The van der Waals surface area contributed by atoms with E-state index in [1.165, 1.54) is 23.1 Å². The Hall–Kier alpha value is -2.42. The Bertz CT molecular complexity index is 1210. The number of carbonyl (C=O) groups excluding carboxylic acids is 1. The van der Waals surface area contributed by atoms with Crippen molar-refractivity contribution < 1.29 is 4.79 Å². The first kappa shape index (κ1) is 20.8. The quantitative estimate of drug-likeness (QED) is 0.308. The minimum absolute atomic E-state index is 0.0613. The van der Waals surface area contributed by atoms with Crippen molar-refractivity contribution in [2.45, 2.75) is 31.5 Å². The van der Waals surface area contributed by atoms with Crippen molar-refractivity contribution in [2.24, 2.45) is 0 Å². The molecule has 8 heteroatoms. The molecule has 1 amide bonds. The van der Waals surface area contributed by atoms with Gasteiger partial charge in [0.2, 0.25) is 5.91 Å². The standard InChI is InChI=1S/C22H21N3O2S3/c1-3-14(2)23-18(26)13-30-22-24-20-19(16(12-29-20)17-10-7-11-28-17)21(27)25(22)15-8-5-4-6-9-15/h4-12,14H,3,13H2,1-2H3,(H,23,26)/t14-/m1/s1. The van der Waals surface area contributed by atoms with Crippen molar-refractivity contribution in [3.63, 3.8) is 0 Å². The Morgan fingerprint density at radius 3 is 2.70 bits per heavy atom. The average Bonchev–Trinajstić information content (AvgIpc) is 3.42. The summed E-state index contributed by atoms with van der Waals surface area (Å²) in [6.45, 7) is 4.01. The number of amides is 1. The van der Waals surface area contributed by atoms with E-state index in [1.807, 2.05) is 67.1 Å². The van der Waals surface area contributed by atoms with Crippen LogP contribution in [0.4, 0.5) is 0 Å². The van der Waals surface area contributed by atoms with Crippen LogP contribution in [-0.2, 0) is 4.79 Å². The maximum absolute atomic E-state index is 13.6. The van der Waals surface area contributed by atoms with Gasteiger partial charge in [-0.05, 0) is 36.9 Å². The maximum atomic E-state index is 13.6. The lowest BCUT2D eigenvalue weighted by atomic mass is 10.2. The summed E-state index contributed by atoms with van der Waals surface area (Å²) >= 11 is 4.35. The lowest BCUT2D eigenvalue weighted by Gasteiger charge is -2.14. The molecule has 3 aromatic heterocycles. The highest BCUT2D eigenvalue weighted by Gasteiger charge is 2.19. The number of benzene rings is 1. The van der Waals surface area contributed by atoms with Crippen LogP contribution in [0.15, 0.2) is 63.2 Å². The predicted octanol–water partition coefficient (Wildman–Crippen LogP) is 5.18. The molecule has 0 aliphatic rings. The van der Waals surface area contributed by atoms with Gasteiger partial charge in [-0.2, -0.15) is 0 Å². The molecular weight excluding hydrogens is 434 g/mol. The molecule has 0 unspecified atom stereocenters. The van der Waals surface area contributed by atoms with Gasteiger partial charge in [-0.3, -0.25) is 14.2 Å². The van der Waals surface area contributed by atoms with Gasteiger partial charge < -0.3 is 5.32 Å². The average molecular weight is 456 g/mol. The molecule has 154 valence electrons.